The Labute approximate surface area is 408 Å². The topological polar surface area (TPSA) is 201 Å². The number of anilines is 1. The Morgan fingerprint density at radius 1 is 0.958 bits per heavy atom. The van der Waals surface area contributed by atoms with Gasteiger partial charge in [-0.1, -0.05) is 23.6 Å². The highest BCUT2D eigenvalue weighted by atomic mass is 35.5. The van der Waals surface area contributed by atoms with E-state index in [0.29, 0.717) is 12.3 Å². The Kier molecular flexibility index (Phi) is 13.0. The number of pyridine rings is 1. The number of amides is 2. The van der Waals surface area contributed by atoms with Gasteiger partial charge in [0.15, 0.2) is 21.3 Å². The van der Waals surface area contributed by atoms with Gasteiger partial charge in [0.2, 0.25) is 15.9 Å². The van der Waals surface area contributed by atoms with Gasteiger partial charge in [-0.3, -0.25) is 14.2 Å². The van der Waals surface area contributed by atoms with Gasteiger partial charge in [0.25, 0.3) is 5.92 Å². The summed E-state index contributed by atoms with van der Waals surface area (Å²) < 4.78 is 203. The van der Waals surface area contributed by atoms with Crippen LogP contribution < -0.4 is 15.4 Å². The molecule has 3 aliphatic rings. The summed E-state index contributed by atoms with van der Waals surface area (Å²) in [4.78, 5) is 32.3. The molecule has 8 rings (SSSR count). The van der Waals surface area contributed by atoms with Gasteiger partial charge in [-0.15, -0.1) is 0 Å². The lowest BCUT2D eigenvalue weighted by atomic mass is 9.90. The zero-order valence-electron chi connectivity index (χ0n) is 37.8. The maximum absolute atomic E-state index is 15.6. The number of nitrogens with two attached hydrogens (primary N) is 1. The summed E-state index contributed by atoms with van der Waals surface area (Å²) in [6, 6.07) is 4.41. The smallest absolute Gasteiger partial charge is 0.435 e. The molecule has 3 aliphatic carbocycles. The molecule has 28 heteroatoms. The second kappa shape index (κ2) is 17.9. The zero-order valence-corrected chi connectivity index (χ0v) is 40.2. The Bertz CT molecular complexity index is 3340. The van der Waals surface area contributed by atoms with Gasteiger partial charge < -0.3 is 15.8 Å². The van der Waals surface area contributed by atoms with Crippen molar-refractivity contribution in [1.29, 1.82) is 0 Å². The first-order valence-electron chi connectivity index (χ1n) is 21.4. The number of hydrogen-bond donors (Lipinski definition) is 2. The van der Waals surface area contributed by atoms with Gasteiger partial charge >= 0.3 is 18.4 Å². The molecular weight excluding hydrogens is 1040 g/mol. The van der Waals surface area contributed by atoms with E-state index in [1.807, 2.05) is 0 Å². The summed E-state index contributed by atoms with van der Waals surface area (Å²) in [5.74, 6) is -6.00. The van der Waals surface area contributed by atoms with Gasteiger partial charge in [0.1, 0.15) is 47.0 Å². The Balaban J connectivity index is 1.35. The molecule has 3 aromatic heterocycles. The molecule has 0 unspecified atom stereocenters. The van der Waals surface area contributed by atoms with E-state index in [4.69, 9.17) is 22.1 Å². The highest BCUT2D eigenvalue weighted by molar-refractivity contribution is 7.93. The van der Waals surface area contributed by atoms with Crippen molar-refractivity contribution in [2.45, 2.75) is 99.7 Å². The Morgan fingerprint density at radius 2 is 1.60 bits per heavy atom. The predicted molar refractivity (Wildman–Crippen MR) is 238 cm³/mol. The average Bonchev–Trinajstić information content (AvgIpc) is 3.73. The van der Waals surface area contributed by atoms with E-state index in [9.17, 15) is 61.5 Å². The number of sulfone groups is 1. The van der Waals surface area contributed by atoms with Crippen molar-refractivity contribution >= 4 is 60.2 Å². The summed E-state index contributed by atoms with van der Waals surface area (Å²) in [6.07, 6.45) is -12.1. The molecule has 2 aromatic carbocycles. The number of nitrogens with one attached hydrogen (secondary N) is 1. The van der Waals surface area contributed by atoms with Crippen molar-refractivity contribution in [3.8, 4) is 23.0 Å². The molecule has 3 heterocycles. The lowest BCUT2D eigenvalue weighted by Crippen LogP contribution is -2.46. The van der Waals surface area contributed by atoms with Crippen molar-refractivity contribution in [1.82, 2.24) is 29.9 Å². The van der Waals surface area contributed by atoms with Crippen LogP contribution in [0, 0.1) is 29.4 Å². The molecule has 2 amide bonds. The van der Waals surface area contributed by atoms with Crippen molar-refractivity contribution < 1.29 is 75.1 Å². The third kappa shape index (κ3) is 10.2. The Hall–Kier alpha value is -5.98. The maximum atomic E-state index is 15.6. The van der Waals surface area contributed by atoms with E-state index < -0.39 is 160 Å². The normalized spacial score (nSPS) is 19.9. The van der Waals surface area contributed by atoms with Gasteiger partial charge in [-0.25, -0.2) is 35.4 Å². The van der Waals surface area contributed by atoms with Crippen LogP contribution in [-0.2, 0) is 61.0 Å². The van der Waals surface area contributed by atoms with E-state index >= 15 is 8.78 Å². The lowest BCUT2D eigenvalue weighted by molar-refractivity contribution is -0.143. The van der Waals surface area contributed by atoms with Crippen LogP contribution >= 0.6 is 11.6 Å². The number of nitrogens with zero attached hydrogens (tertiary/aromatic N) is 6. The number of carbonyl (C=O) groups excluding carboxylic acids is 2. The first-order valence-corrected chi connectivity index (χ1v) is 25.5. The molecule has 386 valence electrons. The summed E-state index contributed by atoms with van der Waals surface area (Å²) in [7, 11) is -8.72. The van der Waals surface area contributed by atoms with Gasteiger partial charge in [0.05, 0.1) is 33.9 Å². The van der Waals surface area contributed by atoms with Crippen LogP contribution in [0.2, 0.25) is 5.02 Å². The molecule has 0 bridgehead atoms. The highest BCUT2D eigenvalue weighted by Gasteiger charge is 2.68. The quantitative estimate of drug-likeness (QED) is 0.0917. The fraction of sp³-hybridized carbons (Fsp3) is 0.432. The summed E-state index contributed by atoms with van der Waals surface area (Å²) in [5, 5.41) is 8.68. The third-order valence-corrected chi connectivity index (χ3v) is 15.7. The maximum Gasteiger partial charge on any atom is 0.435 e. The number of halogens is 11. The first-order chi connectivity index (χ1) is 33.1. The second-order valence-electron chi connectivity index (χ2n) is 18.3. The van der Waals surface area contributed by atoms with E-state index in [2.05, 4.69) is 32.3 Å². The van der Waals surface area contributed by atoms with Crippen molar-refractivity contribution in [2.75, 3.05) is 16.8 Å². The number of aromatic nitrogens is 5. The standard InChI is InChI=1S/C44H39ClF10N8O7S2/c1-41(2,71(3,66)67)10-9-24-5-6-26(27-7-8-30(45)34-36(27)62(19-42(48,49)50)60-39(34)63(72(4,68)69)40(65)70-25-15-23(56)16-25)35(57-24)31(13-20-11-21(46)14-22(47)12-20)58-32(64)18-61-38-33(37(59-61)44(53,54)55)28-17-29(28)43(38,51)52/h5-8,11-12,14,23,25,28-29,31H,13,15-19,56H2,1-4H3,(H,58,64)/t23-,25-,28-,29+,31-/m0/s1. The monoisotopic (exact) mass is 1080 g/mol. The number of alkyl halides is 8. The molecule has 2 fully saturated rings. The fourth-order valence-electron chi connectivity index (χ4n) is 8.67. The number of benzene rings is 2. The van der Waals surface area contributed by atoms with Crippen LogP contribution in [0.3, 0.4) is 0 Å². The SMILES string of the molecule is CC(C)(C#Cc1ccc(-c2ccc(Cl)c3c(N(C(=O)O[C@H]4C[C@H](N)C4)S(C)(=O)=O)nn(CC(F)(F)F)c23)c([C@H](Cc2cc(F)cc(F)c2)NC(=O)Cn2nc(C(F)(F)F)c3c2C(F)(F)[C@@H]2C[C@H]32)n1)S(C)(=O)=O. The van der Waals surface area contributed by atoms with Gasteiger partial charge in [-0.05, 0) is 87.3 Å². The van der Waals surface area contributed by atoms with Gasteiger partial charge in [0, 0.05) is 41.0 Å². The summed E-state index contributed by atoms with van der Waals surface area (Å²) >= 11 is 6.63. The number of carbonyl (C=O) groups is 2. The molecule has 3 atom stereocenters. The highest BCUT2D eigenvalue weighted by Crippen LogP contribution is 2.68. The molecule has 0 radical (unpaired) electrons. The Morgan fingerprint density at radius 3 is 2.18 bits per heavy atom. The van der Waals surface area contributed by atoms with E-state index in [0.717, 1.165) is 42.7 Å². The summed E-state index contributed by atoms with van der Waals surface area (Å²) in [6.45, 7) is -0.793. The van der Waals surface area contributed by atoms with Crippen LogP contribution in [0.4, 0.5) is 54.5 Å². The van der Waals surface area contributed by atoms with Gasteiger partial charge in [-0.2, -0.15) is 49.6 Å². The molecule has 72 heavy (non-hydrogen) atoms. The number of sulfonamides is 1. The average molecular weight is 1080 g/mol. The molecular formula is C44H39ClF10N8O7S2. The van der Waals surface area contributed by atoms with E-state index in [-0.39, 0.29) is 55.3 Å². The van der Waals surface area contributed by atoms with E-state index in [1.54, 1.807) is 0 Å². The molecule has 2 saturated carbocycles. The van der Waals surface area contributed by atoms with Crippen LogP contribution in [0.5, 0.6) is 0 Å². The van der Waals surface area contributed by atoms with Crippen molar-refractivity contribution in [2.24, 2.45) is 11.7 Å². The largest absolute Gasteiger partial charge is 0.445 e. The predicted octanol–water partition coefficient (Wildman–Crippen LogP) is 7.68. The molecule has 15 nitrogen and oxygen atoms in total. The van der Waals surface area contributed by atoms with E-state index in [1.165, 1.54) is 13.8 Å². The molecule has 5 aromatic rings. The van der Waals surface area contributed by atoms with Crippen molar-refractivity contribution in [3.05, 3.63) is 93.0 Å². The van der Waals surface area contributed by atoms with Crippen LogP contribution in [0.15, 0.2) is 42.5 Å². The number of ether oxygens (including phenoxy) is 1. The van der Waals surface area contributed by atoms with Crippen LogP contribution in [0.1, 0.15) is 79.0 Å². The fourth-order valence-corrected chi connectivity index (χ4v) is 9.90. The second-order valence-corrected chi connectivity index (χ2v) is 23.1. The summed E-state index contributed by atoms with van der Waals surface area (Å²) in [5.41, 5.74) is -0.0709. The minimum absolute atomic E-state index is 0.00611. The number of hydrogen-bond acceptors (Lipinski definition) is 11. The number of rotatable bonds is 12. The lowest BCUT2D eigenvalue weighted by Gasteiger charge is -2.32. The number of fused-ring (bicyclic) bond motifs is 4. The first kappa shape index (κ1) is 52.3. The minimum Gasteiger partial charge on any atom is -0.445 e. The molecule has 0 spiro atoms. The van der Waals surface area contributed by atoms with Crippen LogP contribution in [0.25, 0.3) is 22.0 Å². The third-order valence-electron chi connectivity index (χ3n) is 12.4. The van der Waals surface area contributed by atoms with Crippen molar-refractivity contribution in [3.63, 3.8) is 0 Å². The molecule has 0 saturated heterocycles. The molecule has 0 aliphatic heterocycles. The van der Waals surface area contributed by atoms with Crippen LogP contribution in [-0.4, -0.2) is 89.0 Å². The molecule has 3 N–H and O–H groups in total. The zero-order chi connectivity index (χ0) is 53.0. The minimum atomic E-state index is -5.22.